The Morgan fingerprint density at radius 1 is 0.806 bits per heavy atom. The lowest BCUT2D eigenvalue weighted by molar-refractivity contribution is -0.136. The molecule has 2 N–H and O–H groups in total. The van der Waals surface area contributed by atoms with Gasteiger partial charge in [-0.3, -0.25) is 9.59 Å². The van der Waals surface area contributed by atoms with Gasteiger partial charge in [-0.05, 0) is 55.2 Å². The first-order chi connectivity index (χ1) is 15.1. The standard InChI is InChI=1S/C25H25N3O3/c1-19(12-13-20-8-4-2-5-9-20)27-28-25(30)24(29)26-22-14-16-23(17-15-22)31-18-21-10-6-3-7-11-21/h2-11,14-17H,12-13,18H2,1H3,(H,26,29)(H,28,30)/b27-19-. The lowest BCUT2D eigenvalue weighted by Gasteiger charge is -2.08. The number of aryl methyl sites for hydroxylation is 1. The van der Waals surface area contributed by atoms with E-state index in [9.17, 15) is 9.59 Å². The largest absolute Gasteiger partial charge is 0.489 e. The molecule has 0 aliphatic carbocycles. The van der Waals surface area contributed by atoms with Gasteiger partial charge >= 0.3 is 11.8 Å². The highest BCUT2D eigenvalue weighted by Crippen LogP contribution is 2.17. The van der Waals surface area contributed by atoms with Crippen LogP contribution in [-0.4, -0.2) is 17.5 Å². The first-order valence-corrected chi connectivity index (χ1v) is 10.1. The van der Waals surface area contributed by atoms with Crippen molar-refractivity contribution in [3.05, 3.63) is 96.1 Å². The summed E-state index contributed by atoms with van der Waals surface area (Å²) in [6, 6.07) is 26.7. The Kier molecular flexibility index (Phi) is 7.94. The SMILES string of the molecule is C/C(CCc1ccccc1)=N/NC(=O)C(=O)Nc1ccc(OCc2ccccc2)cc1. The molecule has 0 aromatic heterocycles. The number of rotatable bonds is 8. The number of anilines is 1. The Hall–Kier alpha value is -3.93. The number of hydrogen-bond acceptors (Lipinski definition) is 4. The lowest BCUT2D eigenvalue weighted by atomic mass is 10.1. The zero-order valence-electron chi connectivity index (χ0n) is 17.4. The van der Waals surface area contributed by atoms with Gasteiger partial charge in [0.25, 0.3) is 0 Å². The van der Waals surface area contributed by atoms with Crippen molar-refractivity contribution in [2.45, 2.75) is 26.4 Å². The van der Waals surface area contributed by atoms with Crippen molar-refractivity contribution < 1.29 is 14.3 Å². The predicted octanol–water partition coefficient (Wildman–Crippen LogP) is 4.33. The van der Waals surface area contributed by atoms with Crippen LogP contribution in [0.2, 0.25) is 0 Å². The monoisotopic (exact) mass is 415 g/mol. The Balaban J connectivity index is 1.42. The second-order valence-electron chi connectivity index (χ2n) is 7.03. The van der Waals surface area contributed by atoms with Gasteiger partial charge in [0.05, 0.1) is 0 Å². The highest BCUT2D eigenvalue weighted by Gasteiger charge is 2.13. The third-order valence-corrected chi connectivity index (χ3v) is 4.53. The second kappa shape index (κ2) is 11.3. The minimum absolute atomic E-state index is 0.455. The van der Waals surface area contributed by atoms with Gasteiger partial charge in [0.1, 0.15) is 12.4 Å². The number of amides is 2. The van der Waals surface area contributed by atoms with Crippen LogP contribution in [0.15, 0.2) is 90.0 Å². The average molecular weight is 415 g/mol. The van der Waals surface area contributed by atoms with E-state index < -0.39 is 11.8 Å². The Morgan fingerprint density at radius 3 is 2.06 bits per heavy atom. The van der Waals surface area contributed by atoms with Gasteiger partial charge in [-0.2, -0.15) is 5.10 Å². The molecule has 2 amide bonds. The maximum Gasteiger partial charge on any atom is 0.329 e. The fraction of sp³-hybridized carbons (Fsp3) is 0.160. The van der Waals surface area contributed by atoms with E-state index in [1.807, 2.05) is 67.6 Å². The van der Waals surface area contributed by atoms with E-state index in [0.717, 1.165) is 17.7 Å². The average Bonchev–Trinajstić information content (AvgIpc) is 2.82. The van der Waals surface area contributed by atoms with Crippen LogP contribution in [0, 0.1) is 0 Å². The Bertz CT molecular complexity index is 1020. The van der Waals surface area contributed by atoms with E-state index in [1.54, 1.807) is 24.3 Å². The second-order valence-corrected chi connectivity index (χ2v) is 7.03. The molecule has 0 spiro atoms. The van der Waals surface area contributed by atoms with Crippen LogP contribution < -0.4 is 15.5 Å². The molecule has 0 unspecified atom stereocenters. The smallest absolute Gasteiger partial charge is 0.329 e. The lowest BCUT2D eigenvalue weighted by Crippen LogP contribution is -2.32. The van der Waals surface area contributed by atoms with Gasteiger partial charge in [-0.1, -0.05) is 60.7 Å². The van der Waals surface area contributed by atoms with Crippen LogP contribution in [0.3, 0.4) is 0 Å². The van der Waals surface area contributed by atoms with E-state index >= 15 is 0 Å². The van der Waals surface area contributed by atoms with Gasteiger partial charge in [0.2, 0.25) is 0 Å². The van der Waals surface area contributed by atoms with Crippen LogP contribution >= 0.6 is 0 Å². The fourth-order valence-electron chi connectivity index (χ4n) is 2.79. The molecule has 3 aromatic rings. The molecule has 0 aliphatic rings. The molecular formula is C25H25N3O3. The number of benzene rings is 3. The third kappa shape index (κ3) is 7.44. The molecule has 0 heterocycles. The van der Waals surface area contributed by atoms with Crippen molar-refractivity contribution in [2.75, 3.05) is 5.32 Å². The summed E-state index contributed by atoms with van der Waals surface area (Å²) in [6.07, 6.45) is 1.51. The molecule has 0 fully saturated rings. The molecule has 0 saturated carbocycles. The number of nitrogens with zero attached hydrogens (tertiary/aromatic N) is 1. The van der Waals surface area contributed by atoms with Crippen molar-refractivity contribution in [3.63, 3.8) is 0 Å². The number of ether oxygens (including phenoxy) is 1. The summed E-state index contributed by atoms with van der Waals surface area (Å²) in [5.41, 5.74) is 5.80. The quantitative estimate of drug-likeness (QED) is 0.326. The van der Waals surface area contributed by atoms with Gasteiger partial charge in [0.15, 0.2) is 0 Å². The van der Waals surface area contributed by atoms with Gasteiger partial charge in [-0.25, -0.2) is 5.43 Å². The molecule has 0 bridgehead atoms. The van der Waals surface area contributed by atoms with Crippen molar-refractivity contribution >= 4 is 23.2 Å². The van der Waals surface area contributed by atoms with Crippen LogP contribution in [0.4, 0.5) is 5.69 Å². The maximum atomic E-state index is 12.1. The summed E-state index contributed by atoms with van der Waals surface area (Å²) in [5, 5.41) is 6.55. The fourth-order valence-corrected chi connectivity index (χ4v) is 2.79. The van der Waals surface area contributed by atoms with E-state index in [4.69, 9.17) is 4.74 Å². The molecular weight excluding hydrogens is 390 g/mol. The third-order valence-electron chi connectivity index (χ3n) is 4.53. The van der Waals surface area contributed by atoms with Crippen molar-refractivity contribution in [2.24, 2.45) is 5.10 Å². The Morgan fingerprint density at radius 2 is 1.42 bits per heavy atom. The molecule has 3 aromatic carbocycles. The van der Waals surface area contributed by atoms with E-state index in [0.29, 0.717) is 24.5 Å². The molecule has 31 heavy (non-hydrogen) atoms. The highest BCUT2D eigenvalue weighted by atomic mass is 16.5. The maximum absolute atomic E-state index is 12.1. The summed E-state index contributed by atoms with van der Waals surface area (Å²) in [7, 11) is 0. The van der Waals surface area contributed by atoms with Crippen molar-refractivity contribution in [3.8, 4) is 5.75 Å². The molecule has 0 atom stereocenters. The summed E-state index contributed by atoms with van der Waals surface area (Å²) in [5.74, 6) is -0.925. The van der Waals surface area contributed by atoms with Crippen molar-refractivity contribution in [1.29, 1.82) is 0 Å². The first kappa shape index (κ1) is 21.8. The number of carbonyl (C=O) groups excluding carboxylic acids is 2. The molecule has 6 heteroatoms. The number of hydrogen-bond donors (Lipinski definition) is 2. The zero-order valence-corrected chi connectivity index (χ0v) is 17.4. The van der Waals surface area contributed by atoms with E-state index in [2.05, 4.69) is 15.8 Å². The van der Waals surface area contributed by atoms with Crippen LogP contribution in [-0.2, 0) is 22.6 Å². The first-order valence-electron chi connectivity index (χ1n) is 10.1. The zero-order chi connectivity index (χ0) is 21.9. The van der Waals surface area contributed by atoms with E-state index in [-0.39, 0.29) is 0 Å². The Labute approximate surface area is 182 Å². The molecule has 3 rings (SSSR count). The highest BCUT2D eigenvalue weighted by molar-refractivity contribution is 6.39. The normalized spacial score (nSPS) is 10.9. The van der Waals surface area contributed by atoms with Crippen LogP contribution in [0.25, 0.3) is 0 Å². The van der Waals surface area contributed by atoms with Crippen LogP contribution in [0.5, 0.6) is 5.75 Å². The van der Waals surface area contributed by atoms with Gasteiger partial charge in [0, 0.05) is 11.4 Å². The predicted molar refractivity (Wildman–Crippen MR) is 122 cm³/mol. The summed E-state index contributed by atoms with van der Waals surface area (Å²) >= 11 is 0. The molecule has 0 radical (unpaired) electrons. The number of nitrogens with one attached hydrogen (secondary N) is 2. The summed E-state index contributed by atoms with van der Waals surface area (Å²) < 4.78 is 5.71. The molecule has 6 nitrogen and oxygen atoms in total. The minimum Gasteiger partial charge on any atom is -0.489 e. The summed E-state index contributed by atoms with van der Waals surface area (Å²) in [6.45, 7) is 2.27. The van der Waals surface area contributed by atoms with Crippen molar-refractivity contribution in [1.82, 2.24) is 5.43 Å². The van der Waals surface area contributed by atoms with Gasteiger partial charge in [-0.15, -0.1) is 0 Å². The van der Waals surface area contributed by atoms with Crippen LogP contribution in [0.1, 0.15) is 24.5 Å². The molecule has 158 valence electrons. The molecule has 0 aliphatic heterocycles. The number of carbonyl (C=O) groups is 2. The van der Waals surface area contributed by atoms with E-state index in [1.165, 1.54) is 5.56 Å². The topological polar surface area (TPSA) is 79.8 Å². The summed E-state index contributed by atoms with van der Waals surface area (Å²) in [4.78, 5) is 24.1. The van der Waals surface area contributed by atoms with Gasteiger partial charge < -0.3 is 10.1 Å². The minimum atomic E-state index is -0.816. The number of hydrazone groups is 1. The molecule has 0 saturated heterocycles.